The molecule has 0 bridgehead atoms. The molecule has 1 N–H and O–H groups in total. The normalized spacial score (nSPS) is 10.3. The van der Waals surface area contributed by atoms with Gasteiger partial charge in [-0.2, -0.15) is 0 Å². The van der Waals surface area contributed by atoms with Crippen molar-refractivity contribution in [3.63, 3.8) is 0 Å². The summed E-state index contributed by atoms with van der Waals surface area (Å²) in [5.74, 6) is 1.76. The van der Waals surface area contributed by atoms with E-state index in [-0.39, 0.29) is 0 Å². The molecule has 0 atom stereocenters. The first-order valence-corrected chi connectivity index (χ1v) is 6.88. The Bertz CT molecular complexity index is 516. The van der Waals surface area contributed by atoms with Crippen LogP contribution in [0.4, 0.5) is 5.82 Å². The SMILES string of the molecule is CCNc1ncccc1CSc1nccc(C)n1. The van der Waals surface area contributed by atoms with Gasteiger partial charge >= 0.3 is 0 Å². The second-order valence-corrected chi connectivity index (χ2v) is 4.75. The molecular formula is C13H16N4S. The van der Waals surface area contributed by atoms with Crippen LogP contribution < -0.4 is 5.32 Å². The molecule has 0 unspecified atom stereocenters. The second-order valence-electron chi connectivity index (χ2n) is 3.81. The topological polar surface area (TPSA) is 50.7 Å². The quantitative estimate of drug-likeness (QED) is 0.661. The molecular weight excluding hydrogens is 244 g/mol. The summed E-state index contributed by atoms with van der Waals surface area (Å²) in [4.78, 5) is 12.9. The Morgan fingerprint density at radius 3 is 2.89 bits per heavy atom. The van der Waals surface area contributed by atoms with Crippen LogP contribution in [0.25, 0.3) is 0 Å². The number of aryl methyl sites for hydroxylation is 1. The number of hydrogen-bond donors (Lipinski definition) is 1. The summed E-state index contributed by atoms with van der Waals surface area (Å²) in [7, 11) is 0. The average molecular weight is 260 g/mol. The van der Waals surface area contributed by atoms with Crippen molar-refractivity contribution in [3.8, 4) is 0 Å². The number of hydrogen-bond acceptors (Lipinski definition) is 5. The van der Waals surface area contributed by atoms with Gasteiger partial charge in [0.1, 0.15) is 5.82 Å². The smallest absolute Gasteiger partial charge is 0.188 e. The summed E-state index contributed by atoms with van der Waals surface area (Å²) in [5.41, 5.74) is 2.17. The molecule has 0 amide bonds. The largest absolute Gasteiger partial charge is 0.370 e. The molecule has 0 saturated carbocycles. The van der Waals surface area contributed by atoms with Crippen LogP contribution in [0.1, 0.15) is 18.2 Å². The number of rotatable bonds is 5. The van der Waals surface area contributed by atoms with E-state index in [9.17, 15) is 0 Å². The van der Waals surface area contributed by atoms with Gasteiger partial charge in [-0.1, -0.05) is 17.8 Å². The summed E-state index contributed by atoms with van der Waals surface area (Å²) >= 11 is 1.63. The van der Waals surface area contributed by atoms with Gasteiger partial charge in [-0.25, -0.2) is 15.0 Å². The molecule has 4 nitrogen and oxygen atoms in total. The third-order valence-electron chi connectivity index (χ3n) is 2.36. The molecule has 2 aromatic heterocycles. The van der Waals surface area contributed by atoms with E-state index in [1.165, 1.54) is 5.56 Å². The van der Waals surface area contributed by atoms with Gasteiger partial charge in [0.15, 0.2) is 5.16 Å². The molecule has 2 heterocycles. The maximum atomic E-state index is 4.37. The lowest BCUT2D eigenvalue weighted by Crippen LogP contribution is -2.02. The van der Waals surface area contributed by atoms with Crippen molar-refractivity contribution in [1.29, 1.82) is 0 Å². The molecule has 0 aliphatic carbocycles. The molecule has 0 spiro atoms. The van der Waals surface area contributed by atoms with Crippen molar-refractivity contribution in [1.82, 2.24) is 15.0 Å². The molecule has 0 fully saturated rings. The van der Waals surface area contributed by atoms with Gasteiger partial charge in [0.05, 0.1) is 0 Å². The lowest BCUT2D eigenvalue weighted by molar-refractivity contribution is 0.931. The maximum Gasteiger partial charge on any atom is 0.188 e. The fourth-order valence-corrected chi connectivity index (χ4v) is 2.38. The number of anilines is 1. The van der Waals surface area contributed by atoms with Gasteiger partial charge < -0.3 is 5.32 Å². The van der Waals surface area contributed by atoms with Crippen molar-refractivity contribution in [2.24, 2.45) is 0 Å². The Kier molecular flexibility index (Phi) is 4.52. The Hall–Kier alpha value is -1.62. The van der Waals surface area contributed by atoms with Crippen LogP contribution in [0.3, 0.4) is 0 Å². The third kappa shape index (κ3) is 3.43. The monoisotopic (exact) mass is 260 g/mol. The fraction of sp³-hybridized carbons (Fsp3) is 0.308. The summed E-state index contributed by atoms with van der Waals surface area (Å²) in [6, 6.07) is 5.93. The number of thioether (sulfide) groups is 1. The van der Waals surface area contributed by atoms with Crippen LogP contribution in [0, 0.1) is 6.92 Å². The second kappa shape index (κ2) is 6.35. The Morgan fingerprint density at radius 2 is 2.11 bits per heavy atom. The number of aromatic nitrogens is 3. The van der Waals surface area contributed by atoms with Crippen LogP contribution in [0.15, 0.2) is 35.7 Å². The summed E-state index contributed by atoms with van der Waals surface area (Å²) in [6.07, 6.45) is 3.59. The van der Waals surface area contributed by atoms with E-state index in [2.05, 4.69) is 33.3 Å². The molecule has 0 aromatic carbocycles. The van der Waals surface area contributed by atoms with Gasteiger partial charge in [0.2, 0.25) is 0 Å². The zero-order valence-electron chi connectivity index (χ0n) is 10.6. The maximum absolute atomic E-state index is 4.37. The van der Waals surface area contributed by atoms with Gasteiger partial charge in [-0.3, -0.25) is 0 Å². The molecule has 5 heteroatoms. The first-order chi connectivity index (χ1) is 8.79. The minimum absolute atomic E-state index is 0.807. The Morgan fingerprint density at radius 1 is 1.22 bits per heavy atom. The van der Waals surface area contributed by atoms with Crippen molar-refractivity contribution in [2.75, 3.05) is 11.9 Å². The van der Waals surface area contributed by atoms with Gasteiger partial charge in [0.25, 0.3) is 0 Å². The fourth-order valence-electron chi connectivity index (χ4n) is 1.52. The van der Waals surface area contributed by atoms with Crippen molar-refractivity contribution in [3.05, 3.63) is 41.9 Å². The number of pyridine rings is 1. The third-order valence-corrected chi connectivity index (χ3v) is 3.28. The van der Waals surface area contributed by atoms with Gasteiger partial charge in [-0.05, 0) is 26.0 Å². The number of nitrogens with zero attached hydrogens (tertiary/aromatic N) is 3. The number of nitrogens with one attached hydrogen (secondary N) is 1. The predicted octanol–water partition coefficient (Wildman–Crippen LogP) is 2.90. The molecule has 2 rings (SSSR count). The first-order valence-electron chi connectivity index (χ1n) is 5.90. The molecule has 18 heavy (non-hydrogen) atoms. The predicted molar refractivity (Wildman–Crippen MR) is 74.7 cm³/mol. The highest BCUT2D eigenvalue weighted by atomic mass is 32.2. The lowest BCUT2D eigenvalue weighted by atomic mass is 10.3. The first kappa shape index (κ1) is 12.8. The average Bonchev–Trinajstić information content (AvgIpc) is 2.38. The molecule has 0 aliphatic heterocycles. The highest BCUT2D eigenvalue weighted by Gasteiger charge is 2.04. The Labute approximate surface area is 111 Å². The van der Waals surface area contributed by atoms with E-state index in [0.29, 0.717) is 0 Å². The molecule has 2 aromatic rings. The zero-order valence-corrected chi connectivity index (χ0v) is 11.4. The molecule has 0 aliphatic rings. The lowest BCUT2D eigenvalue weighted by Gasteiger charge is -2.08. The minimum atomic E-state index is 0.807. The standard InChI is InChI=1S/C13H16N4S/c1-3-14-12-11(5-4-7-15-12)9-18-13-16-8-6-10(2)17-13/h4-8H,3,9H2,1-2H3,(H,14,15). The van der Waals surface area contributed by atoms with Crippen LogP contribution in [-0.4, -0.2) is 21.5 Å². The summed E-state index contributed by atoms with van der Waals surface area (Å²) in [6.45, 7) is 4.91. The van der Waals surface area contributed by atoms with Gasteiger partial charge in [-0.15, -0.1) is 0 Å². The van der Waals surface area contributed by atoms with E-state index < -0.39 is 0 Å². The van der Waals surface area contributed by atoms with Crippen LogP contribution in [0.2, 0.25) is 0 Å². The highest BCUT2D eigenvalue weighted by molar-refractivity contribution is 7.98. The van der Waals surface area contributed by atoms with Crippen molar-refractivity contribution in [2.45, 2.75) is 24.8 Å². The van der Waals surface area contributed by atoms with E-state index >= 15 is 0 Å². The van der Waals surface area contributed by atoms with E-state index in [0.717, 1.165) is 29.0 Å². The Balaban J connectivity index is 2.06. The highest BCUT2D eigenvalue weighted by Crippen LogP contribution is 2.22. The van der Waals surface area contributed by atoms with Crippen molar-refractivity contribution < 1.29 is 0 Å². The van der Waals surface area contributed by atoms with Crippen LogP contribution in [0.5, 0.6) is 0 Å². The van der Waals surface area contributed by atoms with Crippen LogP contribution in [-0.2, 0) is 5.75 Å². The van der Waals surface area contributed by atoms with Gasteiger partial charge in [0, 0.05) is 35.9 Å². The van der Waals surface area contributed by atoms with E-state index in [4.69, 9.17) is 0 Å². The van der Waals surface area contributed by atoms with Crippen LogP contribution >= 0.6 is 11.8 Å². The van der Waals surface area contributed by atoms with E-state index in [1.807, 2.05) is 19.1 Å². The van der Waals surface area contributed by atoms with E-state index in [1.54, 1.807) is 24.2 Å². The summed E-state index contributed by atoms with van der Waals surface area (Å²) < 4.78 is 0. The van der Waals surface area contributed by atoms with Crippen molar-refractivity contribution >= 4 is 17.6 Å². The molecule has 0 radical (unpaired) electrons. The molecule has 0 saturated heterocycles. The summed E-state index contributed by atoms with van der Waals surface area (Å²) in [5, 5.41) is 4.07. The zero-order chi connectivity index (χ0) is 12.8. The molecule has 94 valence electrons. The minimum Gasteiger partial charge on any atom is -0.370 e.